The third-order valence-electron chi connectivity index (χ3n) is 3.33. The molecule has 2 rings (SSSR count). The van der Waals surface area contributed by atoms with Gasteiger partial charge in [0.1, 0.15) is 0 Å². The molecule has 0 saturated carbocycles. The average molecular weight is 378 g/mol. The van der Waals surface area contributed by atoms with Gasteiger partial charge in [0.05, 0.1) is 23.8 Å². The van der Waals surface area contributed by atoms with Crippen molar-refractivity contribution in [1.82, 2.24) is 4.90 Å². The Morgan fingerprint density at radius 3 is 2.40 bits per heavy atom. The van der Waals surface area contributed by atoms with Crippen LogP contribution in [-0.4, -0.2) is 43.1 Å². The van der Waals surface area contributed by atoms with Crippen LogP contribution >= 0.6 is 23.4 Å². The summed E-state index contributed by atoms with van der Waals surface area (Å²) in [5, 5.41) is 6.04. The fourth-order valence-corrected chi connectivity index (χ4v) is 2.84. The molecule has 0 aliphatic rings. The molecule has 5 nitrogen and oxygen atoms in total. The van der Waals surface area contributed by atoms with Gasteiger partial charge >= 0.3 is 0 Å². The first-order chi connectivity index (χ1) is 12.0. The van der Waals surface area contributed by atoms with E-state index in [1.54, 1.807) is 48.0 Å². The normalized spacial score (nSPS) is 10.6. The van der Waals surface area contributed by atoms with Gasteiger partial charge in [0, 0.05) is 10.6 Å². The molecule has 0 aliphatic heterocycles. The molecule has 2 aromatic rings. The Balaban J connectivity index is 1.82. The van der Waals surface area contributed by atoms with E-state index in [-0.39, 0.29) is 24.9 Å². The number of rotatable bonds is 7. The minimum Gasteiger partial charge on any atom is -0.325 e. The van der Waals surface area contributed by atoms with Crippen LogP contribution in [-0.2, 0) is 9.59 Å². The zero-order valence-electron chi connectivity index (χ0n) is 14.1. The summed E-state index contributed by atoms with van der Waals surface area (Å²) in [6, 6.07) is 14.6. The fourth-order valence-electron chi connectivity index (χ4n) is 2.20. The summed E-state index contributed by atoms with van der Waals surface area (Å²) in [6.07, 6.45) is 1.98. The van der Waals surface area contributed by atoms with E-state index in [4.69, 9.17) is 11.6 Å². The molecular formula is C18H20ClN3O2S. The lowest BCUT2D eigenvalue weighted by molar-refractivity contribution is -0.119. The van der Waals surface area contributed by atoms with Crippen LogP contribution in [0.4, 0.5) is 11.4 Å². The van der Waals surface area contributed by atoms with Gasteiger partial charge < -0.3 is 10.6 Å². The molecule has 0 heterocycles. The van der Waals surface area contributed by atoms with Crippen molar-refractivity contribution >= 4 is 46.6 Å². The number of likely N-dealkylation sites (N-methyl/N-ethyl adjacent to an activating group) is 1. The Bertz CT molecular complexity index is 755. The predicted octanol–water partition coefficient (Wildman–Crippen LogP) is 3.57. The van der Waals surface area contributed by atoms with Gasteiger partial charge in [-0.25, -0.2) is 0 Å². The van der Waals surface area contributed by atoms with Gasteiger partial charge in [-0.1, -0.05) is 29.8 Å². The van der Waals surface area contributed by atoms with E-state index in [9.17, 15) is 9.59 Å². The van der Waals surface area contributed by atoms with Crippen LogP contribution in [0.25, 0.3) is 0 Å². The second kappa shape index (κ2) is 9.46. The number of amides is 2. The van der Waals surface area contributed by atoms with E-state index in [0.717, 1.165) is 10.6 Å². The van der Waals surface area contributed by atoms with Crippen molar-refractivity contribution < 1.29 is 9.59 Å². The lowest BCUT2D eigenvalue weighted by Crippen LogP contribution is -2.36. The molecule has 2 amide bonds. The largest absolute Gasteiger partial charge is 0.325 e. The summed E-state index contributed by atoms with van der Waals surface area (Å²) in [6.45, 7) is 0.197. The maximum atomic E-state index is 12.1. The van der Waals surface area contributed by atoms with Crippen molar-refractivity contribution in [2.45, 2.75) is 4.90 Å². The number of nitrogens with zero attached hydrogens (tertiary/aromatic N) is 1. The van der Waals surface area contributed by atoms with Crippen LogP contribution in [0.5, 0.6) is 0 Å². The molecule has 0 bridgehead atoms. The standard InChI is InChI=1S/C18H20ClN3O2S/c1-22(12-18(24)21-16-9-4-3-8-15(16)19)11-17(23)20-13-6-5-7-14(10-13)25-2/h3-10H,11-12H2,1-2H3,(H,20,23)(H,21,24). The Kier molecular flexibility index (Phi) is 7.31. The quantitative estimate of drug-likeness (QED) is 0.724. The van der Waals surface area contributed by atoms with E-state index in [1.807, 2.05) is 30.5 Å². The number of anilines is 2. The molecule has 0 saturated heterocycles. The van der Waals surface area contributed by atoms with Gasteiger partial charge in [-0.3, -0.25) is 14.5 Å². The molecule has 0 aliphatic carbocycles. The molecule has 7 heteroatoms. The molecule has 0 spiro atoms. The maximum Gasteiger partial charge on any atom is 0.238 e. The first-order valence-electron chi connectivity index (χ1n) is 7.65. The second-order valence-corrected chi connectivity index (χ2v) is 6.77. The van der Waals surface area contributed by atoms with Gasteiger partial charge in [0.2, 0.25) is 11.8 Å². The molecule has 0 radical (unpaired) electrons. The van der Waals surface area contributed by atoms with E-state index in [0.29, 0.717) is 10.7 Å². The number of para-hydroxylation sites is 1. The highest BCUT2D eigenvalue weighted by molar-refractivity contribution is 7.98. The molecule has 0 aromatic heterocycles. The highest BCUT2D eigenvalue weighted by Gasteiger charge is 2.12. The van der Waals surface area contributed by atoms with E-state index in [1.165, 1.54) is 0 Å². The van der Waals surface area contributed by atoms with Crippen LogP contribution in [0.15, 0.2) is 53.4 Å². The number of carbonyl (C=O) groups excluding carboxylic acids is 2. The van der Waals surface area contributed by atoms with Crippen molar-refractivity contribution in [3.05, 3.63) is 53.6 Å². The molecular weight excluding hydrogens is 358 g/mol. The van der Waals surface area contributed by atoms with Crippen molar-refractivity contribution in [1.29, 1.82) is 0 Å². The first kappa shape index (κ1) is 19.3. The summed E-state index contributed by atoms with van der Waals surface area (Å²) in [5.41, 5.74) is 1.30. The fraction of sp³-hybridized carbons (Fsp3) is 0.222. The van der Waals surface area contributed by atoms with Crippen molar-refractivity contribution in [3.8, 4) is 0 Å². The third kappa shape index (κ3) is 6.42. The van der Waals surface area contributed by atoms with Crippen molar-refractivity contribution in [2.24, 2.45) is 0 Å². The minimum absolute atomic E-state index is 0.0868. The number of hydrogen-bond donors (Lipinski definition) is 2. The number of benzene rings is 2. The lowest BCUT2D eigenvalue weighted by Gasteiger charge is -2.16. The Labute approximate surface area is 156 Å². The molecule has 0 unspecified atom stereocenters. The van der Waals surface area contributed by atoms with E-state index >= 15 is 0 Å². The Morgan fingerprint density at radius 1 is 1.04 bits per heavy atom. The van der Waals surface area contributed by atoms with Crippen LogP contribution < -0.4 is 10.6 Å². The summed E-state index contributed by atoms with van der Waals surface area (Å²) < 4.78 is 0. The highest BCUT2D eigenvalue weighted by atomic mass is 35.5. The van der Waals surface area contributed by atoms with Crippen LogP contribution in [0.2, 0.25) is 5.02 Å². The summed E-state index contributed by atoms with van der Waals surface area (Å²) in [5.74, 6) is -0.404. The maximum absolute atomic E-state index is 12.1. The van der Waals surface area contributed by atoms with Gasteiger partial charge in [-0.05, 0) is 43.6 Å². The Morgan fingerprint density at radius 2 is 1.72 bits per heavy atom. The number of nitrogens with one attached hydrogen (secondary N) is 2. The van der Waals surface area contributed by atoms with Crippen LogP contribution in [0.1, 0.15) is 0 Å². The molecule has 2 aromatic carbocycles. The second-order valence-electron chi connectivity index (χ2n) is 5.48. The van der Waals surface area contributed by atoms with Crippen LogP contribution in [0, 0.1) is 0 Å². The highest BCUT2D eigenvalue weighted by Crippen LogP contribution is 2.20. The van der Waals surface area contributed by atoms with Gasteiger partial charge in [-0.15, -0.1) is 11.8 Å². The van der Waals surface area contributed by atoms with E-state index in [2.05, 4.69) is 10.6 Å². The number of halogens is 1. The van der Waals surface area contributed by atoms with E-state index < -0.39 is 0 Å². The smallest absolute Gasteiger partial charge is 0.238 e. The lowest BCUT2D eigenvalue weighted by atomic mass is 10.3. The summed E-state index contributed by atoms with van der Waals surface area (Å²) in [4.78, 5) is 26.9. The van der Waals surface area contributed by atoms with Crippen molar-refractivity contribution in [2.75, 3.05) is 37.0 Å². The van der Waals surface area contributed by atoms with Gasteiger partial charge in [0.25, 0.3) is 0 Å². The number of thioether (sulfide) groups is 1. The zero-order chi connectivity index (χ0) is 18.2. The molecule has 0 atom stereocenters. The summed E-state index contributed by atoms with van der Waals surface area (Å²) in [7, 11) is 1.71. The SMILES string of the molecule is CSc1cccc(NC(=O)CN(C)CC(=O)Nc2ccccc2Cl)c1. The number of carbonyl (C=O) groups is 2. The molecule has 2 N–H and O–H groups in total. The molecule has 132 valence electrons. The average Bonchev–Trinajstić information content (AvgIpc) is 2.56. The zero-order valence-corrected chi connectivity index (χ0v) is 15.7. The van der Waals surface area contributed by atoms with Crippen LogP contribution in [0.3, 0.4) is 0 Å². The van der Waals surface area contributed by atoms with Gasteiger partial charge in [0.15, 0.2) is 0 Å². The predicted molar refractivity (Wildman–Crippen MR) is 104 cm³/mol. The summed E-state index contributed by atoms with van der Waals surface area (Å²) >= 11 is 7.62. The van der Waals surface area contributed by atoms with Crippen molar-refractivity contribution in [3.63, 3.8) is 0 Å². The topological polar surface area (TPSA) is 61.4 Å². The molecule has 25 heavy (non-hydrogen) atoms. The monoisotopic (exact) mass is 377 g/mol. The number of hydrogen-bond acceptors (Lipinski definition) is 4. The third-order valence-corrected chi connectivity index (χ3v) is 4.38. The Hall–Kier alpha value is -2.02. The molecule has 0 fully saturated rings. The first-order valence-corrected chi connectivity index (χ1v) is 9.25. The minimum atomic E-state index is -0.229. The van der Waals surface area contributed by atoms with Gasteiger partial charge in [-0.2, -0.15) is 0 Å².